The van der Waals surface area contributed by atoms with Crippen LogP contribution in [0.3, 0.4) is 0 Å². The first kappa shape index (κ1) is 16.8. The maximum atomic E-state index is 12.0. The Morgan fingerprint density at radius 3 is 2.59 bits per heavy atom. The van der Waals surface area contributed by atoms with Crippen LogP contribution in [0.4, 0.5) is 0 Å². The minimum Gasteiger partial charge on any atom is -0.354 e. The number of aromatic nitrogens is 2. The lowest BCUT2D eigenvalue weighted by Gasteiger charge is -2.09. The molecule has 1 N–H and O–H groups in total. The molecule has 0 saturated heterocycles. The minimum atomic E-state index is -0.0112. The van der Waals surface area contributed by atoms with E-state index < -0.39 is 0 Å². The molecular weight excluding hydrogens is 321 g/mol. The molecule has 0 unspecified atom stereocenters. The zero-order valence-electron chi connectivity index (χ0n) is 13.1. The SMILES string of the molecule is Cc1nn(-c2ccc(Cl)cc2Cl)c(C)c1CC(=O)NC(C)C. The summed E-state index contributed by atoms with van der Waals surface area (Å²) in [5, 5.41) is 8.51. The summed E-state index contributed by atoms with van der Waals surface area (Å²) in [7, 11) is 0. The highest BCUT2D eigenvalue weighted by molar-refractivity contribution is 6.35. The Labute approximate surface area is 140 Å². The predicted molar refractivity (Wildman–Crippen MR) is 90.0 cm³/mol. The molecule has 0 atom stereocenters. The van der Waals surface area contributed by atoms with Crippen LogP contribution in [0.15, 0.2) is 18.2 Å². The zero-order chi connectivity index (χ0) is 16.4. The van der Waals surface area contributed by atoms with Crippen molar-refractivity contribution in [3.63, 3.8) is 0 Å². The zero-order valence-corrected chi connectivity index (χ0v) is 14.6. The van der Waals surface area contributed by atoms with Crippen molar-refractivity contribution in [1.29, 1.82) is 0 Å². The summed E-state index contributed by atoms with van der Waals surface area (Å²) in [6.07, 6.45) is 0.307. The normalized spacial score (nSPS) is 11.0. The average Bonchev–Trinajstić information content (AvgIpc) is 2.66. The quantitative estimate of drug-likeness (QED) is 0.919. The monoisotopic (exact) mass is 339 g/mol. The van der Waals surface area contributed by atoms with Gasteiger partial charge in [-0.15, -0.1) is 0 Å². The molecule has 1 aromatic carbocycles. The van der Waals surface area contributed by atoms with Gasteiger partial charge in [-0.05, 0) is 45.9 Å². The van der Waals surface area contributed by atoms with Crippen molar-refractivity contribution in [2.45, 2.75) is 40.2 Å². The second-order valence-corrected chi connectivity index (χ2v) is 6.40. The van der Waals surface area contributed by atoms with E-state index in [1.165, 1.54) is 0 Å². The lowest BCUT2D eigenvalue weighted by atomic mass is 10.1. The van der Waals surface area contributed by atoms with Crippen LogP contribution in [-0.2, 0) is 11.2 Å². The van der Waals surface area contributed by atoms with Crippen LogP contribution in [0.25, 0.3) is 5.69 Å². The number of rotatable bonds is 4. The first-order valence-electron chi connectivity index (χ1n) is 7.09. The van der Waals surface area contributed by atoms with E-state index in [4.69, 9.17) is 23.2 Å². The molecule has 2 rings (SSSR count). The number of benzene rings is 1. The van der Waals surface area contributed by atoms with E-state index in [9.17, 15) is 4.79 Å². The van der Waals surface area contributed by atoms with Crippen molar-refractivity contribution >= 4 is 29.1 Å². The first-order chi connectivity index (χ1) is 10.3. The molecule has 118 valence electrons. The number of aryl methyl sites for hydroxylation is 1. The van der Waals surface area contributed by atoms with Crippen molar-refractivity contribution < 1.29 is 4.79 Å². The van der Waals surface area contributed by atoms with Crippen molar-refractivity contribution in [2.75, 3.05) is 0 Å². The van der Waals surface area contributed by atoms with E-state index in [0.29, 0.717) is 16.5 Å². The Morgan fingerprint density at radius 2 is 2.00 bits per heavy atom. The Balaban J connectivity index is 2.36. The lowest BCUT2D eigenvalue weighted by Crippen LogP contribution is -2.31. The number of carbonyl (C=O) groups excluding carboxylic acids is 1. The molecule has 0 saturated carbocycles. The van der Waals surface area contributed by atoms with Crippen LogP contribution in [0.5, 0.6) is 0 Å². The molecule has 0 aliphatic rings. The summed E-state index contributed by atoms with van der Waals surface area (Å²) in [6.45, 7) is 7.71. The van der Waals surface area contributed by atoms with Crippen molar-refractivity contribution in [1.82, 2.24) is 15.1 Å². The second-order valence-electron chi connectivity index (χ2n) is 5.56. The molecule has 0 fully saturated rings. The number of hydrogen-bond acceptors (Lipinski definition) is 2. The highest BCUT2D eigenvalue weighted by Crippen LogP contribution is 2.27. The number of nitrogens with zero attached hydrogens (tertiary/aromatic N) is 2. The molecule has 0 radical (unpaired) electrons. The Morgan fingerprint density at radius 1 is 1.32 bits per heavy atom. The molecule has 6 heteroatoms. The Kier molecular flexibility index (Phi) is 5.14. The van der Waals surface area contributed by atoms with Gasteiger partial charge in [0, 0.05) is 22.3 Å². The van der Waals surface area contributed by atoms with Crippen molar-refractivity contribution in [2.24, 2.45) is 0 Å². The second kappa shape index (κ2) is 6.71. The van der Waals surface area contributed by atoms with Crippen LogP contribution in [-0.4, -0.2) is 21.7 Å². The van der Waals surface area contributed by atoms with Crippen LogP contribution < -0.4 is 5.32 Å². The summed E-state index contributed by atoms with van der Waals surface area (Å²) in [6, 6.07) is 5.39. The largest absolute Gasteiger partial charge is 0.354 e. The summed E-state index contributed by atoms with van der Waals surface area (Å²) >= 11 is 12.2. The maximum absolute atomic E-state index is 12.0. The van der Waals surface area contributed by atoms with E-state index >= 15 is 0 Å². The summed E-state index contributed by atoms with van der Waals surface area (Å²) in [4.78, 5) is 12.0. The van der Waals surface area contributed by atoms with Gasteiger partial charge < -0.3 is 5.32 Å². The lowest BCUT2D eigenvalue weighted by molar-refractivity contribution is -0.120. The van der Waals surface area contributed by atoms with E-state index in [1.807, 2.05) is 33.8 Å². The average molecular weight is 340 g/mol. The summed E-state index contributed by atoms with van der Waals surface area (Å²) in [5.74, 6) is -0.0112. The number of nitrogens with one attached hydrogen (secondary N) is 1. The standard InChI is InChI=1S/C16H19Cl2N3O/c1-9(2)19-16(22)8-13-10(3)20-21(11(13)4)15-6-5-12(17)7-14(15)18/h5-7,9H,8H2,1-4H3,(H,19,22). The van der Waals surface area contributed by atoms with Gasteiger partial charge in [0.15, 0.2) is 0 Å². The van der Waals surface area contributed by atoms with Crippen molar-refractivity contribution in [3.8, 4) is 5.69 Å². The molecule has 0 aliphatic carbocycles. The van der Waals surface area contributed by atoms with Crippen LogP contribution in [0.2, 0.25) is 10.0 Å². The topological polar surface area (TPSA) is 46.9 Å². The van der Waals surface area contributed by atoms with Gasteiger partial charge in [-0.1, -0.05) is 23.2 Å². The molecule has 2 aromatic rings. The van der Waals surface area contributed by atoms with E-state index in [0.717, 1.165) is 22.6 Å². The molecule has 4 nitrogen and oxygen atoms in total. The maximum Gasteiger partial charge on any atom is 0.224 e. The van der Waals surface area contributed by atoms with Gasteiger partial charge in [0.2, 0.25) is 5.91 Å². The third-order valence-corrected chi connectivity index (χ3v) is 3.90. The van der Waals surface area contributed by atoms with Crippen LogP contribution in [0, 0.1) is 13.8 Å². The Hall–Kier alpha value is -1.52. The fraction of sp³-hybridized carbons (Fsp3) is 0.375. The third-order valence-electron chi connectivity index (χ3n) is 3.37. The highest BCUT2D eigenvalue weighted by Gasteiger charge is 2.17. The molecular formula is C16H19Cl2N3O. The van der Waals surface area contributed by atoms with Gasteiger partial charge in [0.05, 0.1) is 22.8 Å². The summed E-state index contributed by atoms with van der Waals surface area (Å²) < 4.78 is 1.76. The molecule has 0 bridgehead atoms. The van der Waals surface area contributed by atoms with Crippen LogP contribution >= 0.6 is 23.2 Å². The van der Waals surface area contributed by atoms with Gasteiger partial charge in [-0.3, -0.25) is 4.79 Å². The number of carbonyl (C=O) groups is 1. The molecule has 0 spiro atoms. The van der Waals surface area contributed by atoms with E-state index in [1.54, 1.807) is 16.8 Å². The minimum absolute atomic E-state index is 0.0112. The van der Waals surface area contributed by atoms with Gasteiger partial charge in [0.25, 0.3) is 0 Å². The number of amides is 1. The van der Waals surface area contributed by atoms with E-state index in [-0.39, 0.29) is 11.9 Å². The van der Waals surface area contributed by atoms with Gasteiger partial charge in [-0.25, -0.2) is 4.68 Å². The van der Waals surface area contributed by atoms with Gasteiger partial charge in [0.1, 0.15) is 0 Å². The predicted octanol–water partition coefficient (Wildman–Crippen LogP) is 3.86. The Bertz CT molecular complexity index is 708. The highest BCUT2D eigenvalue weighted by atomic mass is 35.5. The smallest absolute Gasteiger partial charge is 0.224 e. The summed E-state index contributed by atoms with van der Waals surface area (Å²) in [5.41, 5.74) is 3.40. The molecule has 1 amide bonds. The third kappa shape index (κ3) is 3.62. The molecule has 22 heavy (non-hydrogen) atoms. The number of hydrogen-bond donors (Lipinski definition) is 1. The van der Waals surface area contributed by atoms with Crippen LogP contribution in [0.1, 0.15) is 30.8 Å². The fourth-order valence-electron chi connectivity index (χ4n) is 2.35. The van der Waals surface area contributed by atoms with Crippen molar-refractivity contribution in [3.05, 3.63) is 45.2 Å². The molecule has 1 aromatic heterocycles. The fourth-order valence-corrected chi connectivity index (χ4v) is 2.84. The molecule has 1 heterocycles. The van der Waals surface area contributed by atoms with E-state index in [2.05, 4.69) is 10.4 Å². The van der Waals surface area contributed by atoms with Gasteiger partial charge in [-0.2, -0.15) is 5.10 Å². The number of halogens is 2. The van der Waals surface area contributed by atoms with Gasteiger partial charge >= 0.3 is 0 Å². The molecule has 0 aliphatic heterocycles. The first-order valence-corrected chi connectivity index (χ1v) is 7.85.